The molecule has 1 heterocycles. The lowest BCUT2D eigenvalue weighted by Crippen LogP contribution is -2.11. The highest BCUT2D eigenvalue weighted by molar-refractivity contribution is 9.10. The summed E-state index contributed by atoms with van der Waals surface area (Å²) >= 11 is 4.95. The first-order valence-corrected chi connectivity index (χ1v) is 6.83. The number of hydrogen-bond donors (Lipinski definition) is 1. The van der Waals surface area contributed by atoms with Gasteiger partial charge in [-0.05, 0) is 29.8 Å². The quantitative estimate of drug-likeness (QED) is 0.935. The van der Waals surface area contributed by atoms with E-state index in [1.54, 1.807) is 0 Å². The molecule has 1 aromatic carbocycles. The van der Waals surface area contributed by atoms with Crippen molar-refractivity contribution >= 4 is 27.3 Å². The molecule has 0 fully saturated rings. The normalized spacial score (nSPS) is 10.1. The second kappa shape index (κ2) is 5.97. The fourth-order valence-corrected chi connectivity index (χ4v) is 2.50. The van der Waals surface area contributed by atoms with Crippen molar-refractivity contribution in [2.75, 3.05) is 0 Å². The monoisotopic (exact) mass is 306 g/mol. The van der Waals surface area contributed by atoms with Gasteiger partial charge in [0.25, 0.3) is 0 Å². The van der Waals surface area contributed by atoms with Gasteiger partial charge in [-0.15, -0.1) is 11.3 Å². The Labute approximate surface area is 113 Å². The summed E-state index contributed by atoms with van der Waals surface area (Å²) in [5, 5.41) is 12.1. The van der Waals surface area contributed by atoms with E-state index in [-0.39, 0.29) is 0 Å². The van der Waals surface area contributed by atoms with E-state index in [0.717, 1.165) is 22.4 Å². The fourth-order valence-electron chi connectivity index (χ4n) is 1.47. The third kappa shape index (κ3) is 3.67. The van der Waals surface area contributed by atoms with E-state index in [4.69, 9.17) is 5.26 Å². The van der Waals surface area contributed by atoms with Gasteiger partial charge in [-0.2, -0.15) is 5.26 Å². The van der Waals surface area contributed by atoms with Gasteiger partial charge in [0.05, 0.1) is 0 Å². The van der Waals surface area contributed by atoms with Crippen molar-refractivity contribution in [1.82, 2.24) is 5.32 Å². The highest BCUT2D eigenvalue weighted by Crippen LogP contribution is 2.15. The predicted octanol–water partition coefficient (Wildman–Crippen LogP) is 3.67. The highest BCUT2D eigenvalue weighted by Gasteiger charge is 1.99. The van der Waals surface area contributed by atoms with E-state index in [0.29, 0.717) is 0 Å². The molecule has 0 unspecified atom stereocenters. The van der Waals surface area contributed by atoms with Crippen LogP contribution in [0.15, 0.2) is 40.9 Å². The summed E-state index contributed by atoms with van der Waals surface area (Å²) in [7, 11) is 0. The maximum absolute atomic E-state index is 8.72. The summed E-state index contributed by atoms with van der Waals surface area (Å²) in [5.41, 5.74) is 1.25. The molecule has 0 aliphatic rings. The first-order chi connectivity index (χ1) is 8.28. The van der Waals surface area contributed by atoms with Crippen LogP contribution in [0.4, 0.5) is 0 Å². The van der Waals surface area contributed by atoms with Gasteiger partial charge >= 0.3 is 0 Å². The van der Waals surface area contributed by atoms with Gasteiger partial charge in [0.15, 0.2) is 0 Å². The number of rotatable bonds is 4. The van der Waals surface area contributed by atoms with E-state index in [9.17, 15) is 0 Å². The molecule has 1 N–H and O–H groups in total. The Hall–Kier alpha value is -1.15. The number of hydrogen-bond acceptors (Lipinski definition) is 3. The first-order valence-electron chi connectivity index (χ1n) is 5.22. The minimum atomic E-state index is 0.769. The van der Waals surface area contributed by atoms with Crippen molar-refractivity contribution in [2.24, 2.45) is 0 Å². The van der Waals surface area contributed by atoms with Crippen molar-refractivity contribution in [2.45, 2.75) is 13.1 Å². The Balaban J connectivity index is 1.83. The van der Waals surface area contributed by atoms with Gasteiger partial charge in [-0.3, -0.25) is 0 Å². The molecule has 0 aliphatic heterocycles. The van der Waals surface area contributed by atoms with E-state index in [1.165, 1.54) is 21.8 Å². The fraction of sp³-hybridized carbons (Fsp3) is 0.154. The lowest BCUT2D eigenvalue weighted by molar-refractivity contribution is 0.701. The summed E-state index contributed by atoms with van der Waals surface area (Å²) in [5.74, 6) is 0. The van der Waals surface area contributed by atoms with E-state index in [2.05, 4.69) is 39.4 Å². The molecule has 0 atom stereocenters. The molecule has 4 heteroatoms. The molecule has 0 amide bonds. The SMILES string of the molecule is N#Cc1ccc(CNCc2ccc(Br)cc2)s1. The lowest BCUT2D eigenvalue weighted by atomic mass is 10.2. The number of halogens is 1. The Bertz CT molecular complexity index is 525. The topological polar surface area (TPSA) is 35.8 Å². The zero-order valence-corrected chi connectivity index (χ0v) is 11.5. The van der Waals surface area contributed by atoms with E-state index < -0.39 is 0 Å². The molecule has 0 saturated carbocycles. The molecular weight excluding hydrogens is 296 g/mol. The predicted molar refractivity (Wildman–Crippen MR) is 73.7 cm³/mol. The Morgan fingerprint density at radius 3 is 2.53 bits per heavy atom. The van der Waals surface area contributed by atoms with Crippen molar-refractivity contribution in [3.05, 3.63) is 56.2 Å². The Kier molecular flexibility index (Phi) is 4.32. The van der Waals surface area contributed by atoms with Crippen molar-refractivity contribution in [3.8, 4) is 6.07 Å². The van der Waals surface area contributed by atoms with Crippen LogP contribution in [-0.4, -0.2) is 0 Å². The number of nitrogens with zero attached hydrogens (tertiary/aromatic N) is 1. The molecule has 0 spiro atoms. The summed E-state index contributed by atoms with van der Waals surface area (Å²) < 4.78 is 1.10. The van der Waals surface area contributed by atoms with Crippen LogP contribution in [-0.2, 0) is 13.1 Å². The van der Waals surface area contributed by atoms with Crippen LogP contribution < -0.4 is 5.32 Å². The summed E-state index contributed by atoms with van der Waals surface area (Å²) in [4.78, 5) is 1.96. The third-order valence-electron chi connectivity index (χ3n) is 2.31. The second-order valence-corrected chi connectivity index (χ2v) is 5.69. The average Bonchev–Trinajstić information content (AvgIpc) is 2.80. The molecular formula is C13H11BrN2S. The van der Waals surface area contributed by atoms with E-state index in [1.807, 2.05) is 24.3 Å². The van der Waals surface area contributed by atoms with Crippen LogP contribution in [0, 0.1) is 11.3 Å². The zero-order chi connectivity index (χ0) is 12.1. The Morgan fingerprint density at radius 1 is 1.12 bits per heavy atom. The molecule has 2 aromatic rings. The molecule has 1 aromatic heterocycles. The third-order valence-corrected chi connectivity index (χ3v) is 3.83. The molecule has 17 heavy (non-hydrogen) atoms. The molecule has 0 aliphatic carbocycles. The summed E-state index contributed by atoms with van der Waals surface area (Å²) in [6.07, 6.45) is 0. The van der Waals surface area contributed by atoms with Crippen LogP contribution in [0.3, 0.4) is 0 Å². The molecule has 2 rings (SSSR count). The van der Waals surface area contributed by atoms with Gasteiger partial charge in [-0.25, -0.2) is 0 Å². The van der Waals surface area contributed by atoms with Gasteiger partial charge in [-0.1, -0.05) is 28.1 Å². The zero-order valence-electron chi connectivity index (χ0n) is 9.11. The van der Waals surface area contributed by atoms with Crippen molar-refractivity contribution in [1.29, 1.82) is 5.26 Å². The van der Waals surface area contributed by atoms with Gasteiger partial charge in [0.2, 0.25) is 0 Å². The summed E-state index contributed by atoms with van der Waals surface area (Å²) in [6.45, 7) is 1.65. The highest BCUT2D eigenvalue weighted by atomic mass is 79.9. The number of nitriles is 1. The van der Waals surface area contributed by atoms with Crippen molar-refractivity contribution < 1.29 is 0 Å². The number of thiophene rings is 1. The van der Waals surface area contributed by atoms with Crippen LogP contribution >= 0.6 is 27.3 Å². The van der Waals surface area contributed by atoms with Crippen LogP contribution in [0.2, 0.25) is 0 Å². The standard InChI is InChI=1S/C13H11BrN2S/c14-11-3-1-10(2-4-11)8-16-9-13-6-5-12(7-15)17-13/h1-6,16H,8-9H2. The van der Waals surface area contributed by atoms with Gasteiger partial charge < -0.3 is 5.32 Å². The molecule has 0 saturated heterocycles. The minimum absolute atomic E-state index is 0.769. The number of benzene rings is 1. The van der Waals surface area contributed by atoms with Crippen molar-refractivity contribution in [3.63, 3.8) is 0 Å². The smallest absolute Gasteiger partial charge is 0.110 e. The Morgan fingerprint density at radius 2 is 1.88 bits per heavy atom. The minimum Gasteiger partial charge on any atom is -0.308 e. The molecule has 86 valence electrons. The lowest BCUT2D eigenvalue weighted by Gasteiger charge is -2.03. The van der Waals surface area contributed by atoms with Crippen LogP contribution in [0.25, 0.3) is 0 Å². The average molecular weight is 307 g/mol. The van der Waals surface area contributed by atoms with Gasteiger partial charge in [0.1, 0.15) is 10.9 Å². The maximum Gasteiger partial charge on any atom is 0.110 e. The number of nitrogens with one attached hydrogen (secondary N) is 1. The first kappa shape index (κ1) is 12.3. The maximum atomic E-state index is 8.72. The summed E-state index contributed by atoms with van der Waals surface area (Å²) in [6, 6.07) is 14.3. The molecule has 2 nitrogen and oxygen atoms in total. The van der Waals surface area contributed by atoms with Crippen LogP contribution in [0.1, 0.15) is 15.3 Å². The second-order valence-electron chi connectivity index (χ2n) is 3.61. The largest absolute Gasteiger partial charge is 0.308 e. The molecule has 0 bridgehead atoms. The van der Waals surface area contributed by atoms with Crippen LogP contribution in [0.5, 0.6) is 0 Å². The van der Waals surface area contributed by atoms with Gasteiger partial charge in [0, 0.05) is 22.4 Å². The molecule has 0 radical (unpaired) electrons. The van der Waals surface area contributed by atoms with E-state index >= 15 is 0 Å².